The van der Waals surface area contributed by atoms with Crippen LogP contribution < -0.4 is 9.47 Å². The molecule has 2 heterocycles. The van der Waals surface area contributed by atoms with E-state index >= 15 is 0 Å². The van der Waals surface area contributed by atoms with Crippen molar-refractivity contribution >= 4 is 11.9 Å². The van der Waals surface area contributed by atoms with Crippen LogP contribution in [-0.2, 0) is 22.6 Å². The van der Waals surface area contributed by atoms with Crippen molar-refractivity contribution in [3.8, 4) is 17.2 Å². The summed E-state index contributed by atoms with van der Waals surface area (Å²) in [6.07, 6.45) is 1.73. The van der Waals surface area contributed by atoms with Crippen LogP contribution in [0.25, 0.3) is 0 Å². The average Bonchev–Trinajstić information content (AvgIpc) is 3.08. The monoisotopic (exact) mass is 497 g/mol. The standard InChI is InChI=1S/C27H35N3O6/c1-34-17-5-14-30-26(33)29(18-20-8-10-22(35-2)11-9-20)25(32)27(30)12-15-28(16-13-27)19-21-6-4-7-23(36-3)24(21)31/h4,6-11,31H,5,12-19H2,1-3H3. The zero-order valence-corrected chi connectivity index (χ0v) is 21.2. The first-order valence-electron chi connectivity index (χ1n) is 12.3. The molecule has 0 aliphatic carbocycles. The van der Waals surface area contributed by atoms with E-state index < -0.39 is 5.54 Å². The van der Waals surface area contributed by atoms with Gasteiger partial charge in [-0.15, -0.1) is 0 Å². The van der Waals surface area contributed by atoms with Gasteiger partial charge in [-0.05, 0) is 43.0 Å². The van der Waals surface area contributed by atoms with Crippen molar-refractivity contribution in [1.82, 2.24) is 14.7 Å². The molecule has 2 aliphatic heterocycles. The van der Waals surface area contributed by atoms with Crippen molar-refractivity contribution < 1.29 is 28.9 Å². The predicted octanol–water partition coefficient (Wildman–Crippen LogP) is 3.24. The summed E-state index contributed by atoms with van der Waals surface area (Å²) in [6.45, 7) is 3.02. The van der Waals surface area contributed by atoms with Crippen molar-refractivity contribution in [2.75, 3.05) is 47.6 Å². The van der Waals surface area contributed by atoms with Crippen molar-refractivity contribution in [2.24, 2.45) is 0 Å². The lowest BCUT2D eigenvalue weighted by Crippen LogP contribution is -2.56. The van der Waals surface area contributed by atoms with Crippen LogP contribution in [0.3, 0.4) is 0 Å². The number of phenols is 1. The third-order valence-corrected chi connectivity index (χ3v) is 7.23. The van der Waals surface area contributed by atoms with Crippen molar-refractivity contribution in [3.05, 3.63) is 53.6 Å². The molecule has 2 aliphatic rings. The molecular formula is C27H35N3O6. The topological polar surface area (TPSA) is 91.8 Å². The molecule has 2 aromatic rings. The zero-order valence-electron chi connectivity index (χ0n) is 21.2. The highest BCUT2D eigenvalue weighted by Gasteiger charge is 2.57. The molecule has 3 amide bonds. The highest BCUT2D eigenvalue weighted by molar-refractivity contribution is 6.07. The smallest absolute Gasteiger partial charge is 0.327 e. The largest absolute Gasteiger partial charge is 0.504 e. The SMILES string of the molecule is COCCCN1C(=O)N(Cc2ccc(OC)cc2)C(=O)C12CCN(Cc1cccc(OC)c1O)CC2. The number of phenolic OH excluding ortho intramolecular Hbond substituents is 1. The van der Waals surface area contributed by atoms with Crippen LogP contribution in [0.5, 0.6) is 17.2 Å². The Morgan fingerprint density at radius 3 is 2.31 bits per heavy atom. The summed E-state index contributed by atoms with van der Waals surface area (Å²) in [5.41, 5.74) is 0.791. The lowest BCUT2D eigenvalue weighted by atomic mass is 9.85. The molecule has 0 radical (unpaired) electrons. The summed E-state index contributed by atoms with van der Waals surface area (Å²) in [5.74, 6) is 1.17. The number of rotatable bonds is 10. The second-order valence-corrected chi connectivity index (χ2v) is 9.30. The number of nitrogens with zero attached hydrogens (tertiary/aromatic N) is 3. The van der Waals surface area contributed by atoms with Crippen LogP contribution in [0.2, 0.25) is 0 Å². The van der Waals surface area contributed by atoms with Crippen LogP contribution in [0.15, 0.2) is 42.5 Å². The number of urea groups is 1. The molecule has 4 rings (SSSR count). The Hall–Kier alpha value is -3.30. The Kier molecular flexibility index (Phi) is 8.01. The maximum Gasteiger partial charge on any atom is 0.327 e. The van der Waals surface area contributed by atoms with Crippen molar-refractivity contribution in [2.45, 2.75) is 37.9 Å². The normalized spacial score (nSPS) is 17.8. The number of imide groups is 1. The van der Waals surface area contributed by atoms with E-state index in [9.17, 15) is 14.7 Å². The number of aromatic hydroxyl groups is 1. The van der Waals surface area contributed by atoms with Gasteiger partial charge in [-0.3, -0.25) is 14.6 Å². The number of hydrogen-bond acceptors (Lipinski definition) is 7. The maximum atomic E-state index is 13.8. The minimum atomic E-state index is -0.857. The van der Waals surface area contributed by atoms with Crippen molar-refractivity contribution in [3.63, 3.8) is 0 Å². The van der Waals surface area contributed by atoms with Crippen molar-refractivity contribution in [1.29, 1.82) is 0 Å². The Morgan fingerprint density at radius 1 is 0.944 bits per heavy atom. The van der Waals surface area contributed by atoms with Gasteiger partial charge in [-0.25, -0.2) is 4.79 Å². The molecule has 9 nitrogen and oxygen atoms in total. The third kappa shape index (κ3) is 4.99. The fourth-order valence-corrected chi connectivity index (χ4v) is 5.18. The molecule has 2 fully saturated rings. The highest BCUT2D eigenvalue weighted by atomic mass is 16.5. The number of carbonyl (C=O) groups excluding carboxylic acids is 2. The number of para-hydroxylation sites is 1. The lowest BCUT2D eigenvalue weighted by molar-refractivity contribution is -0.136. The van der Waals surface area contributed by atoms with Gasteiger partial charge in [-0.2, -0.15) is 0 Å². The second kappa shape index (κ2) is 11.2. The highest BCUT2D eigenvalue weighted by Crippen LogP contribution is 2.39. The third-order valence-electron chi connectivity index (χ3n) is 7.23. The minimum Gasteiger partial charge on any atom is -0.504 e. The first-order chi connectivity index (χ1) is 17.4. The van der Waals surface area contributed by atoms with Crippen LogP contribution in [0, 0.1) is 0 Å². The molecule has 0 saturated carbocycles. The summed E-state index contributed by atoms with van der Waals surface area (Å²) in [4.78, 5) is 32.7. The van der Waals surface area contributed by atoms with E-state index in [1.165, 1.54) is 12.0 Å². The first kappa shape index (κ1) is 25.8. The van der Waals surface area contributed by atoms with E-state index in [-0.39, 0.29) is 24.2 Å². The number of ether oxygens (including phenoxy) is 3. The van der Waals surface area contributed by atoms with E-state index in [0.29, 0.717) is 57.8 Å². The van der Waals surface area contributed by atoms with Crippen LogP contribution >= 0.6 is 0 Å². The molecule has 36 heavy (non-hydrogen) atoms. The summed E-state index contributed by atoms with van der Waals surface area (Å²) in [7, 11) is 4.77. The minimum absolute atomic E-state index is 0.135. The molecule has 194 valence electrons. The fourth-order valence-electron chi connectivity index (χ4n) is 5.18. The van der Waals surface area contributed by atoms with Gasteiger partial charge in [-0.1, -0.05) is 24.3 Å². The van der Waals surface area contributed by atoms with Gasteiger partial charge in [0.05, 0.1) is 20.8 Å². The zero-order chi connectivity index (χ0) is 25.7. The van der Waals surface area contributed by atoms with Gasteiger partial charge in [0.2, 0.25) is 0 Å². The molecule has 0 unspecified atom stereocenters. The Balaban J connectivity index is 1.50. The first-order valence-corrected chi connectivity index (χ1v) is 12.3. The van der Waals surface area contributed by atoms with E-state index in [0.717, 1.165) is 16.9 Å². The molecule has 2 aromatic carbocycles. The molecule has 0 aromatic heterocycles. The molecule has 1 spiro atoms. The lowest BCUT2D eigenvalue weighted by Gasteiger charge is -2.42. The van der Waals surface area contributed by atoms with E-state index in [1.807, 2.05) is 36.4 Å². The average molecular weight is 498 g/mol. The molecule has 0 bridgehead atoms. The summed E-state index contributed by atoms with van der Waals surface area (Å²) < 4.78 is 15.7. The van der Waals surface area contributed by atoms with Gasteiger partial charge in [0.1, 0.15) is 11.3 Å². The number of amides is 3. The van der Waals surface area contributed by atoms with Crippen LogP contribution in [0.4, 0.5) is 4.79 Å². The van der Waals surface area contributed by atoms with E-state index in [1.54, 1.807) is 25.2 Å². The number of benzene rings is 2. The number of carbonyl (C=O) groups is 2. The Labute approximate surface area is 212 Å². The number of hydrogen-bond donors (Lipinski definition) is 1. The fraction of sp³-hybridized carbons (Fsp3) is 0.481. The van der Waals surface area contributed by atoms with Gasteiger partial charge in [0.15, 0.2) is 11.5 Å². The van der Waals surface area contributed by atoms with Gasteiger partial charge >= 0.3 is 6.03 Å². The van der Waals surface area contributed by atoms with Gasteiger partial charge < -0.3 is 24.2 Å². The maximum absolute atomic E-state index is 13.8. The quantitative estimate of drug-likeness (QED) is 0.398. The summed E-state index contributed by atoms with van der Waals surface area (Å²) >= 11 is 0. The molecule has 2 saturated heterocycles. The van der Waals surface area contributed by atoms with Crippen LogP contribution in [0.1, 0.15) is 30.4 Å². The predicted molar refractivity (Wildman–Crippen MR) is 134 cm³/mol. The number of methoxy groups -OCH3 is 3. The van der Waals surface area contributed by atoms with Gasteiger partial charge in [0.25, 0.3) is 5.91 Å². The molecule has 1 N–H and O–H groups in total. The summed E-state index contributed by atoms with van der Waals surface area (Å²) in [6, 6.07) is 12.6. The molecule has 9 heteroatoms. The second-order valence-electron chi connectivity index (χ2n) is 9.30. The van der Waals surface area contributed by atoms with E-state index in [2.05, 4.69) is 4.90 Å². The number of likely N-dealkylation sites (tertiary alicyclic amines) is 1. The van der Waals surface area contributed by atoms with Gasteiger partial charge in [0, 0.05) is 45.5 Å². The summed E-state index contributed by atoms with van der Waals surface area (Å²) in [5, 5.41) is 10.5. The Bertz CT molecular complexity index is 1070. The molecular weight excluding hydrogens is 462 g/mol. The van der Waals surface area contributed by atoms with E-state index in [4.69, 9.17) is 14.2 Å². The Morgan fingerprint density at radius 2 is 1.67 bits per heavy atom. The van der Waals surface area contributed by atoms with Crippen LogP contribution in [-0.4, -0.2) is 84.9 Å². The molecule has 0 atom stereocenters. The number of piperidine rings is 1.